The van der Waals surface area contributed by atoms with Gasteiger partial charge in [-0.1, -0.05) is 0 Å². The van der Waals surface area contributed by atoms with Gasteiger partial charge in [-0.15, -0.1) is 0 Å². The lowest BCUT2D eigenvalue weighted by molar-refractivity contribution is 0.0696. The Labute approximate surface area is 125 Å². The fraction of sp³-hybridized carbons (Fsp3) is 0.500. The van der Waals surface area contributed by atoms with Gasteiger partial charge in [-0.2, -0.15) is 4.31 Å². The van der Waals surface area contributed by atoms with Gasteiger partial charge in [0.25, 0.3) is 0 Å². The van der Waals surface area contributed by atoms with Crippen molar-refractivity contribution >= 4 is 16.0 Å². The van der Waals surface area contributed by atoms with Crippen molar-refractivity contribution in [3.8, 4) is 0 Å². The van der Waals surface area contributed by atoms with Crippen LogP contribution in [-0.2, 0) is 10.0 Å². The summed E-state index contributed by atoms with van der Waals surface area (Å²) in [5, 5.41) is 8.86. The van der Waals surface area contributed by atoms with E-state index in [1.54, 1.807) is 0 Å². The van der Waals surface area contributed by atoms with Crippen molar-refractivity contribution in [3.05, 3.63) is 29.8 Å². The average molecular weight is 312 g/mol. The first-order chi connectivity index (χ1) is 9.73. The number of sulfonamides is 1. The topological polar surface area (TPSA) is 77.9 Å². The van der Waals surface area contributed by atoms with Crippen molar-refractivity contribution in [3.63, 3.8) is 0 Å². The molecule has 1 aliphatic rings. The van der Waals surface area contributed by atoms with E-state index in [-0.39, 0.29) is 22.5 Å². The van der Waals surface area contributed by atoms with Gasteiger partial charge in [0, 0.05) is 25.2 Å². The van der Waals surface area contributed by atoms with Crippen molar-refractivity contribution in [2.24, 2.45) is 0 Å². The summed E-state index contributed by atoms with van der Waals surface area (Å²) in [6.45, 7) is 4.85. The molecule has 1 heterocycles. The largest absolute Gasteiger partial charge is 0.478 e. The molecule has 1 N–H and O–H groups in total. The summed E-state index contributed by atoms with van der Waals surface area (Å²) >= 11 is 0. The van der Waals surface area contributed by atoms with Gasteiger partial charge in [0.1, 0.15) is 0 Å². The minimum atomic E-state index is -3.58. The highest BCUT2D eigenvalue weighted by Gasteiger charge is 2.34. The monoisotopic (exact) mass is 312 g/mol. The van der Waals surface area contributed by atoms with Gasteiger partial charge < -0.3 is 5.11 Å². The maximum absolute atomic E-state index is 12.6. The first-order valence-corrected chi connectivity index (χ1v) is 8.23. The fourth-order valence-electron chi connectivity index (χ4n) is 2.47. The molecule has 0 amide bonds. The van der Waals surface area contributed by atoms with E-state index in [4.69, 9.17) is 5.11 Å². The average Bonchev–Trinajstić information content (AvgIpc) is 2.44. The number of carbonyl (C=O) groups is 1. The zero-order valence-electron chi connectivity index (χ0n) is 12.4. The summed E-state index contributed by atoms with van der Waals surface area (Å²) in [6.07, 6.45) is 0. The van der Waals surface area contributed by atoms with Gasteiger partial charge in [0.05, 0.1) is 10.5 Å². The van der Waals surface area contributed by atoms with Crippen LogP contribution in [0.4, 0.5) is 0 Å². The first kappa shape index (κ1) is 15.9. The third-order valence-electron chi connectivity index (χ3n) is 4.07. The SMILES string of the molecule is CC1CN(S(=O)(=O)c2ccc(C(=O)O)cc2)CC(C)N1C. The fourth-order valence-corrected chi connectivity index (χ4v) is 4.07. The maximum atomic E-state index is 12.6. The molecule has 1 fully saturated rings. The van der Waals surface area contributed by atoms with E-state index in [0.717, 1.165) is 0 Å². The van der Waals surface area contributed by atoms with Crippen molar-refractivity contribution in [1.29, 1.82) is 0 Å². The maximum Gasteiger partial charge on any atom is 0.335 e. The Kier molecular flexibility index (Phi) is 4.36. The highest BCUT2D eigenvalue weighted by Crippen LogP contribution is 2.22. The van der Waals surface area contributed by atoms with E-state index in [9.17, 15) is 13.2 Å². The Morgan fingerprint density at radius 2 is 1.62 bits per heavy atom. The Hall–Kier alpha value is -1.44. The smallest absolute Gasteiger partial charge is 0.335 e. The molecule has 1 saturated heterocycles. The normalized spacial score (nSPS) is 24.9. The number of likely N-dealkylation sites (N-methyl/N-ethyl adjacent to an activating group) is 1. The molecule has 0 spiro atoms. The van der Waals surface area contributed by atoms with E-state index in [0.29, 0.717) is 13.1 Å². The second kappa shape index (κ2) is 5.75. The van der Waals surface area contributed by atoms with E-state index >= 15 is 0 Å². The van der Waals surface area contributed by atoms with Gasteiger partial charge in [0.15, 0.2) is 0 Å². The van der Waals surface area contributed by atoms with Crippen LogP contribution in [0.25, 0.3) is 0 Å². The molecule has 0 bridgehead atoms. The van der Waals surface area contributed by atoms with Gasteiger partial charge in [-0.3, -0.25) is 4.90 Å². The number of rotatable bonds is 3. The molecule has 21 heavy (non-hydrogen) atoms. The summed E-state index contributed by atoms with van der Waals surface area (Å²) in [5.41, 5.74) is 0.0778. The molecule has 0 saturated carbocycles. The number of aromatic carboxylic acids is 1. The van der Waals surface area contributed by atoms with E-state index in [1.807, 2.05) is 20.9 Å². The highest BCUT2D eigenvalue weighted by atomic mass is 32.2. The molecule has 7 heteroatoms. The first-order valence-electron chi connectivity index (χ1n) is 6.79. The molecule has 0 aromatic heterocycles. The lowest BCUT2D eigenvalue weighted by Crippen LogP contribution is -2.56. The van der Waals surface area contributed by atoms with Crippen LogP contribution in [0.3, 0.4) is 0 Å². The van der Waals surface area contributed by atoms with Gasteiger partial charge in [-0.25, -0.2) is 13.2 Å². The van der Waals surface area contributed by atoms with Crippen molar-refractivity contribution in [1.82, 2.24) is 9.21 Å². The second-order valence-corrected chi connectivity index (χ2v) is 7.45. The van der Waals surface area contributed by atoms with Gasteiger partial charge in [0.2, 0.25) is 10.0 Å². The predicted molar refractivity (Wildman–Crippen MR) is 78.8 cm³/mol. The summed E-state index contributed by atoms with van der Waals surface area (Å²) in [4.78, 5) is 13.1. The van der Waals surface area contributed by atoms with Crippen LogP contribution in [0.15, 0.2) is 29.2 Å². The standard InChI is InChI=1S/C14H20N2O4S/c1-10-8-16(9-11(2)15(10)3)21(19,20)13-6-4-12(5-7-13)14(17)18/h4-7,10-11H,8-9H2,1-3H3,(H,17,18). The van der Waals surface area contributed by atoms with Gasteiger partial charge in [-0.05, 0) is 45.2 Å². The summed E-state index contributed by atoms with van der Waals surface area (Å²) in [6, 6.07) is 5.62. The molecular formula is C14H20N2O4S. The summed E-state index contributed by atoms with van der Waals surface area (Å²) in [5.74, 6) is -1.07. The number of carboxylic acid groups (broad SMARTS) is 1. The molecule has 0 aliphatic carbocycles. The number of piperazine rings is 1. The lowest BCUT2D eigenvalue weighted by Gasteiger charge is -2.41. The quantitative estimate of drug-likeness (QED) is 0.904. The Morgan fingerprint density at radius 3 is 2.05 bits per heavy atom. The zero-order valence-corrected chi connectivity index (χ0v) is 13.2. The van der Waals surface area contributed by atoms with E-state index < -0.39 is 16.0 Å². The van der Waals surface area contributed by atoms with E-state index in [2.05, 4.69) is 4.90 Å². The Morgan fingerprint density at radius 1 is 1.14 bits per heavy atom. The molecule has 116 valence electrons. The molecule has 1 aromatic carbocycles. The number of carboxylic acids is 1. The molecule has 1 aromatic rings. The third-order valence-corrected chi connectivity index (χ3v) is 5.91. The highest BCUT2D eigenvalue weighted by molar-refractivity contribution is 7.89. The molecule has 0 radical (unpaired) electrons. The number of benzene rings is 1. The van der Waals surface area contributed by atoms with Crippen LogP contribution < -0.4 is 0 Å². The zero-order chi connectivity index (χ0) is 15.8. The van der Waals surface area contributed by atoms with Crippen molar-refractivity contribution < 1.29 is 18.3 Å². The lowest BCUT2D eigenvalue weighted by atomic mass is 10.1. The number of hydrogen-bond donors (Lipinski definition) is 1. The van der Waals surface area contributed by atoms with Crippen LogP contribution in [0, 0.1) is 0 Å². The minimum absolute atomic E-state index is 0.0778. The van der Waals surface area contributed by atoms with Crippen molar-refractivity contribution in [2.45, 2.75) is 30.8 Å². The molecule has 2 unspecified atom stereocenters. The van der Waals surface area contributed by atoms with Crippen LogP contribution in [0.2, 0.25) is 0 Å². The van der Waals surface area contributed by atoms with Crippen LogP contribution in [0.5, 0.6) is 0 Å². The molecule has 2 atom stereocenters. The molecule has 2 rings (SSSR count). The summed E-state index contributed by atoms with van der Waals surface area (Å²) in [7, 11) is -1.59. The molecular weight excluding hydrogens is 292 g/mol. The van der Waals surface area contributed by atoms with Crippen LogP contribution in [0.1, 0.15) is 24.2 Å². The third kappa shape index (κ3) is 3.09. The van der Waals surface area contributed by atoms with Crippen LogP contribution in [-0.4, -0.2) is 60.9 Å². The summed E-state index contributed by atoms with van der Waals surface area (Å²) < 4.78 is 26.7. The Bertz CT molecular complexity index is 615. The van der Waals surface area contributed by atoms with Crippen molar-refractivity contribution in [2.75, 3.05) is 20.1 Å². The molecule has 1 aliphatic heterocycles. The second-order valence-electron chi connectivity index (χ2n) is 5.52. The van der Waals surface area contributed by atoms with Gasteiger partial charge >= 0.3 is 5.97 Å². The minimum Gasteiger partial charge on any atom is -0.478 e. The Balaban J connectivity index is 2.27. The number of hydrogen-bond acceptors (Lipinski definition) is 4. The van der Waals surface area contributed by atoms with Crippen LogP contribution >= 0.6 is 0 Å². The number of nitrogens with zero attached hydrogens (tertiary/aromatic N) is 2. The molecule has 6 nitrogen and oxygen atoms in total. The van der Waals surface area contributed by atoms with E-state index in [1.165, 1.54) is 28.6 Å². The predicted octanol–water partition coefficient (Wildman–Crippen LogP) is 1.10.